The summed E-state index contributed by atoms with van der Waals surface area (Å²) in [4.78, 5) is 16.3. The molecule has 29 heavy (non-hydrogen) atoms. The first-order valence-electron chi connectivity index (χ1n) is 9.44. The fourth-order valence-corrected chi connectivity index (χ4v) is 3.62. The fraction of sp³-hybridized carbons (Fsp3) is 0.167. The molecule has 1 aromatic heterocycles. The third kappa shape index (κ3) is 3.92. The van der Waals surface area contributed by atoms with Crippen LogP contribution in [0.2, 0.25) is 0 Å². The van der Waals surface area contributed by atoms with Crippen LogP contribution in [0, 0.1) is 18.8 Å². The van der Waals surface area contributed by atoms with Gasteiger partial charge in [0.25, 0.3) is 0 Å². The Bertz CT molecular complexity index is 1080. The molecule has 0 saturated carbocycles. The lowest BCUT2D eigenvalue weighted by molar-refractivity contribution is 0.144. The van der Waals surface area contributed by atoms with Gasteiger partial charge in [-0.3, -0.25) is 0 Å². The van der Waals surface area contributed by atoms with Gasteiger partial charge in [0.15, 0.2) is 0 Å². The predicted octanol–water partition coefficient (Wildman–Crippen LogP) is 3.86. The van der Waals surface area contributed by atoms with Crippen molar-refractivity contribution in [3.8, 4) is 23.0 Å². The number of rotatable bonds is 3. The van der Waals surface area contributed by atoms with E-state index in [9.17, 15) is 4.79 Å². The quantitative estimate of drug-likeness (QED) is 0.673. The second-order valence-electron chi connectivity index (χ2n) is 6.85. The van der Waals surface area contributed by atoms with Crippen molar-refractivity contribution >= 4 is 11.9 Å². The van der Waals surface area contributed by atoms with Crippen LogP contribution >= 0.6 is 0 Å². The minimum atomic E-state index is -0.478. The molecule has 5 heteroatoms. The summed E-state index contributed by atoms with van der Waals surface area (Å²) in [5.41, 5.74) is 12.0. The monoisotopic (exact) mass is 383 g/mol. The van der Waals surface area contributed by atoms with Crippen LogP contribution in [0.3, 0.4) is 0 Å². The van der Waals surface area contributed by atoms with E-state index in [1.165, 1.54) is 22.3 Å². The van der Waals surface area contributed by atoms with Gasteiger partial charge in [-0.1, -0.05) is 60.4 Å². The van der Waals surface area contributed by atoms with Crippen molar-refractivity contribution in [1.29, 1.82) is 0 Å². The first-order chi connectivity index (χ1) is 14.1. The van der Waals surface area contributed by atoms with Crippen molar-refractivity contribution < 1.29 is 9.53 Å². The Balaban J connectivity index is 1.35. The van der Waals surface area contributed by atoms with Gasteiger partial charge in [-0.25, -0.2) is 9.78 Å². The number of anilines is 1. The number of aryl methyl sites for hydroxylation is 1. The largest absolute Gasteiger partial charge is 0.449 e. The summed E-state index contributed by atoms with van der Waals surface area (Å²) in [6, 6.07) is 20.0. The van der Waals surface area contributed by atoms with Gasteiger partial charge in [-0.2, -0.15) is 0 Å². The van der Waals surface area contributed by atoms with E-state index in [4.69, 9.17) is 10.5 Å². The number of nitrogens with two attached hydrogens (primary N) is 1. The molecule has 3 N–H and O–H groups in total. The SMILES string of the molecule is Cc1nc(N)ccc1C#CCNC(=O)OCC1c2ccccc2-c2ccccc21. The maximum absolute atomic E-state index is 12.1. The Hall–Kier alpha value is -3.78. The summed E-state index contributed by atoms with van der Waals surface area (Å²) < 4.78 is 5.48. The topological polar surface area (TPSA) is 77.2 Å². The smallest absolute Gasteiger partial charge is 0.407 e. The van der Waals surface area contributed by atoms with Crippen molar-refractivity contribution in [2.24, 2.45) is 0 Å². The molecule has 1 aliphatic carbocycles. The summed E-state index contributed by atoms with van der Waals surface area (Å²) in [5, 5.41) is 2.68. The second kappa shape index (κ2) is 8.07. The molecule has 1 heterocycles. The number of carbonyl (C=O) groups excluding carboxylic acids is 1. The van der Waals surface area contributed by atoms with Gasteiger partial charge in [0.1, 0.15) is 12.4 Å². The highest BCUT2D eigenvalue weighted by atomic mass is 16.5. The van der Waals surface area contributed by atoms with E-state index in [0.717, 1.165) is 11.3 Å². The Kier molecular flexibility index (Phi) is 5.17. The van der Waals surface area contributed by atoms with Gasteiger partial charge in [-0.05, 0) is 41.3 Å². The molecule has 5 nitrogen and oxygen atoms in total. The van der Waals surface area contributed by atoms with Crippen LogP contribution < -0.4 is 11.1 Å². The van der Waals surface area contributed by atoms with Gasteiger partial charge in [0.05, 0.1) is 12.2 Å². The number of ether oxygens (including phenoxy) is 1. The first-order valence-corrected chi connectivity index (χ1v) is 9.44. The van der Waals surface area contributed by atoms with E-state index in [-0.39, 0.29) is 19.1 Å². The van der Waals surface area contributed by atoms with Crippen molar-refractivity contribution in [3.63, 3.8) is 0 Å². The molecule has 0 bridgehead atoms. The van der Waals surface area contributed by atoms with E-state index < -0.39 is 6.09 Å². The summed E-state index contributed by atoms with van der Waals surface area (Å²) in [7, 11) is 0. The fourth-order valence-electron chi connectivity index (χ4n) is 3.62. The van der Waals surface area contributed by atoms with Gasteiger partial charge in [0, 0.05) is 11.5 Å². The molecule has 2 aromatic carbocycles. The van der Waals surface area contributed by atoms with Crippen LogP contribution in [0.15, 0.2) is 60.7 Å². The van der Waals surface area contributed by atoms with E-state index in [1.54, 1.807) is 6.07 Å². The third-order valence-electron chi connectivity index (χ3n) is 5.00. The predicted molar refractivity (Wildman–Crippen MR) is 113 cm³/mol. The number of amides is 1. The van der Waals surface area contributed by atoms with Crippen molar-refractivity contribution in [3.05, 3.63) is 83.0 Å². The molecule has 0 fully saturated rings. The van der Waals surface area contributed by atoms with Crippen LogP contribution in [-0.2, 0) is 4.74 Å². The molecule has 1 amide bonds. The minimum Gasteiger partial charge on any atom is -0.449 e. The number of nitrogens with one attached hydrogen (secondary N) is 1. The standard InChI is InChI=1S/C24H21N3O2/c1-16-17(12-13-23(25)27-16)7-6-14-26-24(28)29-15-22-20-10-4-2-8-18(20)19-9-3-5-11-21(19)22/h2-5,8-13,22H,14-15H2,1H3,(H2,25,27)(H,26,28). The average Bonchev–Trinajstić information content (AvgIpc) is 3.05. The number of fused-ring (bicyclic) bond motifs is 3. The van der Waals surface area contributed by atoms with Crippen molar-refractivity contribution in [1.82, 2.24) is 10.3 Å². The summed E-state index contributed by atoms with van der Waals surface area (Å²) >= 11 is 0. The van der Waals surface area contributed by atoms with E-state index in [1.807, 2.05) is 37.3 Å². The molecular formula is C24H21N3O2. The summed E-state index contributed by atoms with van der Waals surface area (Å²) in [5.74, 6) is 6.40. The lowest BCUT2D eigenvalue weighted by Crippen LogP contribution is -2.26. The molecule has 0 spiro atoms. The molecule has 0 radical (unpaired) electrons. The van der Waals surface area contributed by atoms with E-state index in [0.29, 0.717) is 5.82 Å². The highest BCUT2D eigenvalue weighted by molar-refractivity contribution is 5.79. The van der Waals surface area contributed by atoms with Gasteiger partial charge in [-0.15, -0.1) is 0 Å². The Morgan fingerprint density at radius 2 is 1.72 bits per heavy atom. The number of carbonyl (C=O) groups is 1. The zero-order chi connectivity index (χ0) is 20.2. The minimum absolute atomic E-state index is 0.0442. The Labute approximate surface area is 169 Å². The van der Waals surface area contributed by atoms with Crippen LogP contribution in [0.4, 0.5) is 10.6 Å². The summed E-state index contributed by atoms with van der Waals surface area (Å²) in [6.07, 6.45) is -0.478. The Morgan fingerprint density at radius 3 is 2.38 bits per heavy atom. The highest BCUT2D eigenvalue weighted by Crippen LogP contribution is 2.44. The number of nitrogen functional groups attached to an aromatic ring is 1. The van der Waals surface area contributed by atoms with Crippen LogP contribution in [0.5, 0.6) is 0 Å². The van der Waals surface area contributed by atoms with E-state index >= 15 is 0 Å². The number of aromatic nitrogens is 1. The second-order valence-corrected chi connectivity index (χ2v) is 6.85. The van der Waals surface area contributed by atoms with Crippen LogP contribution in [-0.4, -0.2) is 24.2 Å². The molecule has 4 rings (SSSR count). The molecule has 0 unspecified atom stereocenters. The molecule has 0 saturated heterocycles. The highest BCUT2D eigenvalue weighted by Gasteiger charge is 2.28. The van der Waals surface area contributed by atoms with E-state index in [2.05, 4.69) is 46.4 Å². The molecule has 3 aromatic rings. The van der Waals surface area contributed by atoms with Crippen molar-refractivity contribution in [2.45, 2.75) is 12.8 Å². The van der Waals surface area contributed by atoms with Gasteiger partial charge < -0.3 is 15.8 Å². The van der Waals surface area contributed by atoms with Crippen LogP contribution in [0.1, 0.15) is 28.3 Å². The lowest BCUT2D eigenvalue weighted by Gasteiger charge is -2.14. The number of alkyl carbamates (subject to hydrolysis) is 1. The number of hydrogen-bond acceptors (Lipinski definition) is 4. The number of hydrogen-bond donors (Lipinski definition) is 2. The zero-order valence-electron chi connectivity index (χ0n) is 16.1. The normalized spacial score (nSPS) is 11.8. The molecule has 0 atom stereocenters. The lowest BCUT2D eigenvalue weighted by atomic mass is 9.98. The molecule has 0 aliphatic heterocycles. The number of benzene rings is 2. The van der Waals surface area contributed by atoms with Crippen molar-refractivity contribution in [2.75, 3.05) is 18.9 Å². The van der Waals surface area contributed by atoms with Gasteiger partial charge in [0.2, 0.25) is 0 Å². The number of nitrogens with zero attached hydrogens (tertiary/aromatic N) is 1. The molecule has 144 valence electrons. The summed E-state index contributed by atoms with van der Waals surface area (Å²) in [6.45, 7) is 2.33. The average molecular weight is 383 g/mol. The molecular weight excluding hydrogens is 362 g/mol. The third-order valence-corrected chi connectivity index (χ3v) is 5.00. The maximum atomic E-state index is 12.1. The molecule has 1 aliphatic rings. The number of pyridine rings is 1. The first kappa shape index (κ1) is 18.6. The zero-order valence-corrected chi connectivity index (χ0v) is 16.1. The van der Waals surface area contributed by atoms with Gasteiger partial charge >= 0.3 is 6.09 Å². The maximum Gasteiger partial charge on any atom is 0.407 e. The van der Waals surface area contributed by atoms with Crippen LogP contribution in [0.25, 0.3) is 11.1 Å². The Morgan fingerprint density at radius 1 is 1.07 bits per heavy atom.